The van der Waals surface area contributed by atoms with Crippen molar-refractivity contribution in [2.75, 3.05) is 13.2 Å². The lowest BCUT2D eigenvalue weighted by atomic mass is 9.93. The first-order valence-corrected chi connectivity index (χ1v) is 24.0. The molecule has 0 saturated carbocycles. The first-order valence-electron chi connectivity index (χ1n) is 15.3. The van der Waals surface area contributed by atoms with Crippen LogP contribution in [0, 0.1) is 0 Å². The van der Waals surface area contributed by atoms with Crippen LogP contribution < -0.4 is 0 Å². The van der Waals surface area contributed by atoms with E-state index < -0.39 is 37.2 Å². The number of hydrogen-bond donors (Lipinski definition) is 1. The van der Waals surface area contributed by atoms with Gasteiger partial charge in [-0.05, 0) is 66.0 Å². The number of carbonyl (C=O) groups is 1. The summed E-state index contributed by atoms with van der Waals surface area (Å²) in [6.07, 6.45) is -0.722. The Labute approximate surface area is 254 Å². The molecule has 1 N–H and O–H groups in total. The molecule has 1 aromatic carbocycles. The Bertz CT molecular complexity index is 1020. The smallest absolute Gasteiger partial charge is 0.192 e. The van der Waals surface area contributed by atoms with Gasteiger partial charge in [0.05, 0.1) is 24.9 Å². The highest BCUT2D eigenvalue weighted by Gasteiger charge is 2.52. The van der Waals surface area contributed by atoms with Crippen molar-refractivity contribution < 1.29 is 23.2 Å². The number of aliphatic hydroxyl groups excluding tert-OH is 1. The molecule has 1 fully saturated rings. The minimum absolute atomic E-state index is 0.00786. The maximum absolute atomic E-state index is 12.1. The standard InChI is InChI=1S/C32H61NO5Si3/c1-30(2,3)39(10,11)36-23-26-29(38-41(14,15)32(7,8)9)28(35)27(37-40(12,13)31(4,5)6)21-33(26)20-24-17-16-18-25(19-24)22-34/h16-19,22,26-29,35H,20-21,23H2,1-15H3/t26-,27?,28-,29?/m1/s1. The molecule has 6 nitrogen and oxygen atoms in total. The van der Waals surface area contributed by atoms with E-state index in [9.17, 15) is 9.90 Å². The number of benzene rings is 1. The minimum Gasteiger partial charge on any atom is -0.415 e. The SMILES string of the molecule is CC(C)(C)[Si](C)(C)OC[C@@H]1C(O[Si](C)(C)C(C)(C)C)[C@H](O)C(O[Si](C)(C)C(C)(C)C)CN1Cc1cccc(C=O)c1. The van der Waals surface area contributed by atoms with Crippen molar-refractivity contribution in [3.8, 4) is 0 Å². The van der Waals surface area contributed by atoms with Crippen LogP contribution in [0.5, 0.6) is 0 Å². The van der Waals surface area contributed by atoms with Gasteiger partial charge >= 0.3 is 0 Å². The van der Waals surface area contributed by atoms with Crippen molar-refractivity contribution in [1.29, 1.82) is 0 Å². The Kier molecular flexibility index (Phi) is 11.4. The Morgan fingerprint density at radius 3 is 1.85 bits per heavy atom. The Morgan fingerprint density at radius 2 is 1.37 bits per heavy atom. The molecule has 236 valence electrons. The fourth-order valence-electron chi connectivity index (χ4n) is 4.34. The number of carbonyl (C=O) groups excluding carboxylic acids is 1. The molecule has 41 heavy (non-hydrogen) atoms. The van der Waals surface area contributed by atoms with E-state index in [0.29, 0.717) is 25.3 Å². The third-order valence-corrected chi connectivity index (χ3v) is 23.8. The van der Waals surface area contributed by atoms with Crippen molar-refractivity contribution in [3.05, 3.63) is 35.4 Å². The lowest BCUT2D eigenvalue weighted by Crippen LogP contribution is -2.68. The highest BCUT2D eigenvalue weighted by atomic mass is 28.4. The molecule has 1 aliphatic heterocycles. The van der Waals surface area contributed by atoms with Gasteiger partial charge in [0.1, 0.15) is 12.4 Å². The van der Waals surface area contributed by atoms with Crippen molar-refractivity contribution in [1.82, 2.24) is 4.90 Å². The largest absolute Gasteiger partial charge is 0.415 e. The molecule has 0 aromatic heterocycles. The van der Waals surface area contributed by atoms with Gasteiger partial charge in [-0.1, -0.05) is 80.5 Å². The van der Waals surface area contributed by atoms with Crippen LogP contribution >= 0.6 is 0 Å². The van der Waals surface area contributed by atoms with Gasteiger partial charge in [0.15, 0.2) is 25.0 Å². The third-order valence-electron chi connectivity index (χ3n) is 10.4. The van der Waals surface area contributed by atoms with Crippen molar-refractivity contribution in [2.45, 2.75) is 148 Å². The van der Waals surface area contributed by atoms with Crippen LogP contribution in [0.15, 0.2) is 24.3 Å². The number of aliphatic hydroxyl groups is 1. The van der Waals surface area contributed by atoms with E-state index in [2.05, 4.69) is 113 Å². The Morgan fingerprint density at radius 1 is 0.854 bits per heavy atom. The predicted octanol–water partition coefficient (Wildman–Crippen LogP) is 7.85. The van der Waals surface area contributed by atoms with E-state index in [1.165, 1.54) is 0 Å². The molecule has 0 radical (unpaired) electrons. The number of likely N-dealkylation sites (tertiary alicyclic amines) is 1. The number of hydrogen-bond acceptors (Lipinski definition) is 6. The van der Waals surface area contributed by atoms with E-state index in [1.807, 2.05) is 18.2 Å². The summed E-state index contributed by atoms with van der Waals surface area (Å²) in [6, 6.07) is 7.63. The summed E-state index contributed by atoms with van der Waals surface area (Å²) in [6.45, 7) is 35.4. The molecule has 0 amide bonds. The number of piperidine rings is 1. The van der Waals surface area contributed by atoms with E-state index in [0.717, 1.165) is 11.8 Å². The third kappa shape index (κ3) is 8.94. The van der Waals surface area contributed by atoms with Crippen LogP contribution in [-0.2, 0) is 19.8 Å². The van der Waals surface area contributed by atoms with Crippen LogP contribution in [0.1, 0.15) is 78.2 Å². The number of nitrogens with zero attached hydrogens (tertiary/aromatic N) is 1. The second-order valence-electron chi connectivity index (χ2n) is 16.7. The van der Waals surface area contributed by atoms with E-state index >= 15 is 0 Å². The molecule has 1 heterocycles. The molecular formula is C32H61NO5Si3. The van der Waals surface area contributed by atoms with E-state index in [1.54, 1.807) is 0 Å². The fourth-order valence-corrected chi connectivity index (χ4v) is 8.02. The summed E-state index contributed by atoms with van der Waals surface area (Å²) in [5.41, 5.74) is 1.72. The average Bonchev–Trinajstić information content (AvgIpc) is 2.79. The van der Waals surface area contributed by atoms with Gasteiger partial charge in [-0.15, -0.1) is 0 Å². The van der Waals surface area contributed by atoms with Gasteiger partial charge in [0.25, 0.3) is 0 Å². The molecule has 1 aromatic rings. The zero-order valence-corrected chi connectivity index (χ0v) is 31.8. The Hall–Kier alpha value is -0.659. The lowest BCUT2D eigenvalue weighted by molar-refractivity contribution is -0.136. The van der Waals surface area contributed by atoms with Crippen molar-refractivity contribution >= 4 is 31.2 Å². The fraction of sp³-hybridized carbons (Fsp3) is 0.781. The number of aldehydes is 1. The van der Waals surface area contributed by atoms with Gasteiger partial charge in [-0.2, -0.15) is 0 Å². The molecule has 4 atom stereocenters. The van der Waals surface area contributed by atoms with E-state index in [-0.39, 0.29) is 27.3 Å². The molecule has 9 heteroatoms. The van der Waals surface area contributed by atoms with Crippen LogP contribution in [0.4, 0.5) is 0 Å². The normalized spacial score (nSPS) is 24.0. The molecule has 1 aliphatic rings. The molecule has 1 saturated heterocycles. The maximum atomic E-state index is 12.1. The van der Waals surface area contributed by atoms with E-state index in [4.69, 9.17) is 13.3 Å². The average molecular weight is 624 g/mol. The second kappa shape index (κ2) is 12.8. The van der Waals surface area contributed by atoms with Crippen molar-refractivity contribution in [3.63, 3.8) is 0 Å². The van der Waals surface area contributed by atoms with Crippen LogP contribution in [0.25, 0.3) is 0 Å². The van der Waals surface area contributed by atoms with Gasteiger partial charge in [-0.3, -0.25) is 9.69 Å². The summed E-state index contributed by atoms with van der Waals surface area (Å²) >= 11 is 0. The molecule has 2 unspecified atom stereocenters. The summed E-state index contributed by atoms with van der Waals surface area (Å²) in [7, 11) is -6.54. The minimum atomic E-state index is -2.27. The topological polar surface area (TPSA) is 68.2 Å². The van der Waals surface area contributed by atoms with Crippen molar-refractivity contribution in [2.24, 2.45) is 0 Å². The molecule has 0 bridgehead atoms. The second-order valence-corrected chi connectivity index (χ2v) is 31.0. The summed E-state index contributed by atoms with van der Waals surface area (Å²) in [5.74, 6) is 0. The number of rotatable bonds is 10. The molecule has 2 rings (SSSR count). The zero-order valence-electron chi connectivity index (χ0n) is 28.8. The molecule has 0 aliphatic carbocycles. The summed E-state index contributed by atoms with van der Waals surface area (Å²) in [5, 5.41) is 12.1. The highest BCUT2D eigenvalue weighted by Crippen LogP contribution is 2.43. The van der Waals surface area contributed by atoms with Gasteiger partial charge in [0.2, 0.25) is 0 Å². The zero-order chi connectivity index (χ0) is 31.8. The van der Waals surface area contributed by atoms with Crippen LogP contribution in [0.3, 0.4) is 0 Å². The van der Waals surface area contributed by atoms with Crippen LogP contribution in [-0.4, -0.2) is 78.8 Å². The summed E-state index contributed by atoms with van der Waals surface area (Å²) in [4.78, 5) is 14.0. The van der Waals surface area contributed by atoms with Gasteiger partial charge in [0, 0.05) is 18.7 Å². The quantitative estimate of drug-likeness (QED) is 0.212. The highest BCUT2D eigenvalue weighted by molar-refractivity contribution is 6.75. The Balaban J connectivity index is 2.62. The predicted molar refractivity (Wildman–Crippen MR) is 179 cm³/mol. The summed E-state index contributed by atoms with van der Waals surface area (Å²) < 4.78 is 20.9. The molecular weight excluding hydrogens is 563 g/mol. The van der Waals surface area contributed by atoms with Crippen LogP contribution in [0.2, 0.25) is 54.4 Å². The first kappa shape index (κ1) is 36.5. The monoisotopic (exact) mass is 623 g/mol. The molecule has 0 spiro atoms. The van der Waals surface area contributed by atoms with Gasteiger partial charge < -0.3 is 18.4 Å². The first-order chi connectivity index (χ1) is 18.3. The maximum Gasteiger partial charge on any atom is 0.192 e. The lowest BCUT2D eigenvalue weighted by Gasteiger charge is -2.53. The van der Waals surface area contributed by atoms with Gasteiger partial charge in [-0.25, -0.2) is 0 Å².